The molecule has 2 heteroatoms. The van der Waals surface area contributed by atoms with Crippen molar-refractivity contribution in [3.8, 4) is 0 Å². The van der Waals surface area contributed by atoms with Gasteiger partial charge in [0.05, 0.1) is 0 Å². The van der Waals surface area contributed by atoms with Crippen molar-refractivity contribution >= 4 is 19.0 Å². The molecule has 0 amide bonds. The van der Waals surface area contributed by atoms with Crippen molar-refractivity contribution in [3.63, 3.8) is 0 Å². The average molecular weight is 269 g/mol. The molecule has 0 aliphatic heterocycles. The summed E-state index contributed by atoms with van der Waals surface area (Å²) in [5.41, 5.74) is 3.46. The SMILES string of the molecule is CCc1cccc(CC)c1C([O-])=Pc1ccccc1. The molecule has 0 radical (unpaired) electrons. The summed E-state index contributed by atoms with van der Waals surface area (Å²) < 4.78 is 0. The Balaban J connectivity index is 2.49. The summed E-state index contributed by atoms with van der Waals surface area (Å²) in [6.07, 6.45) is 1.80. The third-order valence-corrected chi connectivity index (χ3v) is 4.18. The van der Waals surface area contributed by atoms with E-state index in [0.29, 0.717) is 0 Å². The van der Waals surface area contributed by atoms with E-state index in [2.05, 4.69) is 26.0 Å². The van der Waals surface area contributed by atoms with Gasteiger partial charge in [-0.2, -0.15) is 0 Å². The molecule has 0 unspecified atom stereocenters. The molecular formula is C17H18OP-. The number of hydrogen-bond acceptors (Lipinski definition) is 1. The molecule has 0 spiro atoms. The monoisotopic (exact) mass is 269 g/mol. The van der Waals surface area contributed by atoms with Crippen LogP contribution in [0.2, 0.25) is 0 Å². The van der Waals surface area contributed by atoms with E-state index in [1.54, 1.807) is 0 Å². The summed E-state index contributed by atoms with van der Waals surface area (Å²) in [6.45, 7) is 4.20. The third kappa shape index (κ3) is 3.32. The molecule has 0 aromatic heterocycles. The van der Waals surface area contributed by atoms with Gasteiger partial charge in [-0.25, -0.2) is 0 Å². The maximum atomic E-state index is 12.6. The second kappa shape index (κ2) is 6.65. The summed E-state index contributed by atoms with van der Waals surface area (Å²) in [5, 5.41) is 13.6. The number of rotatable bonds is 4. The Bertz CT molecular complexity index is 551. The van der Waals surface area contributed by atoms with Crippen LogP contribution in [0.5, 0.6) is 0 Å². The molecular weight excluding hydrogens is 251 g/mol. The van der Waals surface area contributed by atoms with E-state index in [1.165, 1.54) is 0 Å². The first-order valence-electron chi connectivity index (χ1n) is 6.68. The summed E-state index contributed by atoms with van der Waals surface area (Å²) >= 11 is 0. The minimum atomic E-state index is 0.209. The zero-order valence-electron chi connectivity index (χ0n) is 11.4. The van der Waals surface area contributed by atoms with E-state index < -0.39 is 0 Å². The zero-order chi connectivity index (χ0) is 13.7. The zero-order valence-corrected chi connectivity index (χ0v) is 12.3. The lowest BCUT2D eigenvalue weighted by Gasteiger charge is -2.20. The second-order valence-electron chi connectivity index (χ2n) is 4.41. The van der Waals surface area contributed by atoms with Crippen LogP contribution in [0.4, 0.5) is 0 Å². The highest BCUT2D eigenvalue weighted by atomic mass is 31.1. The predicted molar refractivity (Wildman–Crippen MR) is 82.3 cm³/mol. The van der Waals surface area contributed by atoms with Crippen molar-refractivity contribution in [2.24, 2.45) is 0 Å². The van der Waals surface area contributed by atoms with Gasteiger partial charge >= 0.3 is 0 Å². The quantitative estimate of drug-likeness (QED) is 0.783. The molecule has 0 bridgehead atoms. The molecule has 0 saturated carbocycles. The van der Waals surface area contributed by atoms with Crippen LogP contribution in [0.15, 0.2) is 48.5 Å². The molecule has 19 heavy (non-hydrogen) atoms. The summed E-state index contributed by atoms with van der Waals surface area (Å²) in [4.78, 5) is 0. The molecule has 0 fully saturated rings. The Morgan fingerprint density at radius 2 is 1.47 bits per heavy atom. The van der Waals surface area contributed by atoms with Gasteiger partial charge in [-0.05, 0) is 29.5 Å². The Morgan fingerprint density at radius 1 is 0.895 bits per heavy atom. The van der Waals surface area contributed by atoms with E-state index in [9.17, 15) is 5.11 Å². The lowest BCUT2D eigenvalue weighted by atomic mass is 9.98. The molecule has 2 rings (SSSR count). The average Bonchev–Trinajstić information content (AvgIpc) is 2.47. The van der Waals surface area contributed by atoms with E-state index >= 15 is 0 Å². The smallest absolute Gasteiger partial charge is 0.000806 e. The first kappa shape index (κ1) is 14.0. The van der Waals surface area contributed by atoms with Crippen LogP contribution in [0.1, 0.15) is 30.5 Å². The molecule has 0 atom stereocenters. The molecule has 0 heterocycles. The topological polar surface area (TPSA) is 23.1 Å². The Morgan fingerprint density at radius 3 is 2.00 bits per heavy atom. The first-order chi connectivity index (χ1) is 9.26. The van der Waals surface area contributed by atoms with E-state index in [0.717, 1.165) is 43.0 Å². The Kier molecular flexibility index (Phi) is 4.90. The van der Waals surface area contributed by atoms with Crippen LogP contribution in [0.25, 0.3) is 0 Å². The van der Waals surface area contributed by atoms with Gasteiger partial charge in [-0.3, -0.25) is 0 Å². The van der Waals surface area contributed by atoms with Gasteiger partial charge in [0.2, 0.25) is 0 Å². The van der Waals surface area contributed by atoms with Crippen molar-refractivity contribution < 1.29 is 5.11 Å². The van der Waals surface area contributed by atoms with Crippen LogP contribution in [-0.4, -0.2) is 5.48 Å². The normalized spacial score (nSPS) is 11.6. The lowest BCUT2D eigenvalue weighted by Crippen LogP contribution is -2.21. The molecule has 0 aliphatic carbocycles. The van der Waals surface area contributed by atoms with Crippen molar-refractivity contribution in [3.05, 3.63) is 65.2 Å². The van der Waals surface area contributed by atoms with Crippen LogP contribution in [-0.2, 0) is 12.8 Å². The number of aryl methyl sites for hydroxylation is 2. The van der Waals surface area contributed by atoms with Crippen LogP contribution in [0, 0.1) is 0 Å². The molecule has 0 aliphatic rings. The highest BCUT2D eigenvalue weighted by molar-refractivity contribution is 7.49. The van der Waals surface area contributed by atoms with Gasteiger partial charge < -0.3 is 5.11 Å². The van der Waals surface area contributed by atoms with Crippen molar-refractivity contribution in [1.29, 1.82) is 0 Å². The van der Waals surface area contributed by atoms with Gasteiger partial charge in [0, 0.05) is 5.30 Å². The summed E-state index contributed by atoms with van der Waals surface area (Å²) in [7, 11) is 0.766. The van der Waals surface area contributed by atoms with Gasteiger partial charge in [-0.15, -0.1) is 5.48 Å². The molecule has 1 nitrogen and oxygen atoms in total. The van der Waals surface area contributed by atoms with Gasteiger partial charge in [0.25, 0.3) is 0 Å². The summed E-state index contributed by atoms with van der Waals surface area (Å²) in [6, 6.07) is 16.1. The van der Waals surface area contributed by atoms with Gasteiger partial charge in [-0.1, -0.05) is 70.6 Å². The van der Waals surface area contributed by atoms with Crippen molar-refractivity contribution in [1.82, 2.24) is 0 Å². The van der Waals surface area contributed by atoms with E-state index in [1.807, 2.05) is 36.4 Å². The third-order valence-electron chi connectivity index (χ3n) is 3.20. The van der Waals surface area contributed by atoms with Crippen LogP contribution < -0.4 is 10.4 Å². The predicted octanol–water partition coefficient (Wildman–Crippen LogP) is 2.92. The molecule has 2 aromatic carbocycles. The maximum Gasteiger partial charge on any atom is 0.000806 e. The number of benzene rings is 2. The van der Waals surface area contributed by atoms with Crippen molar-refractivity contribution in [2.45, 2.75) is 26.7 Å². The first-order valence-corrected chi connectivity index (χ1v) is 7.57. The minimum Gasteiger partial charge on any atom is -0.823 e. The highest BCUT2D eigenvalue weighted by Crippen LogP contribution is 2.18. The highest BCUT2D eigenvalue weighted by Gasteiger charge is 2.04. The minimum absolute atomic E-state index is 0.209. The van der Waals surface area contributed by atoms with Gasteiger partial charge in [0.15, 0.2) is 0 Å². The fourth-order valence-electron chi connectivity index (χ4n) is 2.19. The fraction of sp³-hybridized carbons (Fsp3) is 0.235. The van der Waals surface area contributed by atoms with Crippen LogP contribution in [0.3, 0.4) is 0 Å². The molecule has 98 valence electrons. The lowest BCUT2D eigenvalue weighted by molar-refractivity contribution is -0.207. The second-order valence-corrected chi connectivity index (χ2v) is 5.56. The standard InChI is InChI=1S/C17H19OP/c1-3-13-9-8-10-14(4-2)16(13)17(18)19-15-11-6-5-7-12-15/h5-12,18H,3-4H2,1-2H3/p-1. The van der Waals surface area contributed by atoms with Gasteiger partial charge in [0.1, 0.15) is 0 Å². The Labute approximate surface area is 116 Å². The largest absolute Gasteiger partial charge is 0.823 e. The maximum absolute atomic E-state index is 12.6. The van der Waals surface area contributed by atoms with E-state index in [4.69, 9.17) is 0 Å². The summed E-state index contributed by atoms with van der Waals surface area (Å²) in [5.74, 6) is 0. The Hall–Kier alpha value is -1.43. The van der Waals surface area contributed by atoms with Crippen LogP contribution >= 0.6 is 8.20 Å². The van der Waals surface area contributed by atoms with E-state index in [-0.39, 0.29) is 5.48 Å². The molecule has 2 aromatic rings. The van der Waals surface area contributed by atoms with Crippen molar-refractivity contribution in [2.75, 3.05) is 0 Å². The molecule has 0 N–H and O–H groups in total. The number of hydrogen-bond donors (Lipinski definition) is 0. The molecule has 0 saturated heterocycles. The fourth-order valence-corrected chi connectivity index (χ4v) is 3.15.